The molecule has 1 fully saturated rings. The van der Waals surface area contributed by atoms with Gasteiger partial charge in [0.25, 0.3) is 5.91 Å². The molecule has 9 heteroatoms. The summed E-state index contributed by atoms with van der Waals surface area (Å²) in [5.74, 6) is -1.44. The highest BCUT2D eigenvalue weighted by Crippen LogP contribution is 2.25. The number of amides is 2. The highest BCUT2D eigenvalue weighted by atomic mass is 35.5. The number of carbonyl (C=O) groups excluding carboxylic acids is 2. The lowest BCUT2D eigenvalue weighted by Gasteiger charge is -2.36. The molecule has 0 aromatic heterocycles. The minimum Gasteiger partial charge on any atom is -0.426 e. The van der Waals surface area contributed by atoms with Crippen molar-refractivity contribution < 1.29 is 19.6 Å². The van der Waals surface area contributed by atoms with E-state index in [1.807, 2.05) is 0 Å². The van der Waals surface area contributed by atoms with E-state index in [1.165, 1.54) is 16.8 Å². The van der Waals surface area contributed by atoms with Crippen LogP contribution < -0.4 is 0 Å². The Morgan fingerprint density at radius 2 is 1.92 bits per heavy atom. The summed E-state index contributed by atoms with van der Waals surface area (Å²) in [6, 6.07) is 4.74. The van der Waals surface area contributed by atoms with Gasteiger partial charge in [-0.2, -0.15) is 0 Å². The predicted octanol–water partition coefficient (Wildman–Crippen LogP) is 1.46. The first-order chi connectivity index (χ1) is 11.3. The van der Waals surface area contributed by atoms with Crippen molar-refractivity contribution in [3.05, 3.63) is 33.8 Å². The Morgan fingerprint density at radius 3 is 2.50 bits per heavy atom. The normalized spacial score (nSPS) is 17.5. The number of benzene rings is 1. The van der Waals surface area contributed by atoms with Crippen molar-refractivity contribution >= 4 is 42.1 Å². The summed E-state index contributed by atoms with van der Waals surface area (Å²) in [6.45, 7) is 0.250. The summed E-state index contributed by atoms with van der Waals surface area (Å²) in [7, 11) is -0.109. The van der Waals surface area contributed by atoms with Crippen molar-refractivity contribution in [1.82, 2.24) is 9.80 Å². The molecule has 0 aliphatic carbocycles. The standard InChI is InChI=1S/C15H19BCl2N2O4/c1-19(15(22)14-10(17)5-4-6-11(14)18)9-13(21)20-8-3-2-7-12(20)16(23)24/h4-6,12,23-24H,2-3,7-9H2,1H3. The van der Waals surface area contributed by atoms with Crippen LogP contribution in [0, 0.1) is 0 Å². The Morgan fingerprint density at radius 1 is 1.29 bits per heavy atom. The summed E-state index contributed by atoms with van der Waals surface area (Å²) in [5, 5.41) is 19.3. The maximum absolute atomic E-state index is 12.5. The molecule has 130 valence electrons. The molecule has 1 aliphatic rings. The van der Waals surface area contributed by atoms with Crippen LogP contribution in [-0.4, -0.2) is 64.9 Å². The molecule has 1 aromatic rings. The van der Waals surface area contributed by atoms with Gasteiger partial charge in [-0.15, -0.1) is 0 Å². The number of nitrogens with zero attached hydrogens (tertiary/aromatic N) is 2. The maximum atomic E-state index is 12.5. The SMILES string of the molecule is CN(CC(=O)N1CCCCC1B(O)O)C(=O)c1c(Cl)cccc1Cl. The van der Waals surface area contributed by atoms with Gasteiger partial charge in [-0.05, 0) is 25.0 Å². The summed E-state index contributed by atoms with van der Waals surface area (Å²) in [4.78, 5) is 27.6. The van der Waals surface area contributed by atoms with Crippen molar-refractivity contribution in [2.45, 2.75) is 25.2 Å². The van der Waals surface area contributed by atoms with Crippen LogP contribution in [0.1, 0.15) is 29.6 Å². The van der Waals surface area contributed by atoms with E-state index in [1.54, 1.807) is 18.2 Å². The zero-order chi connectivity index (χ0) is 17.9. The third-order valence-electron chi connectivity index (χ3n) is 4.11. The van der Waals surface area contributed by atoms with Crippen LogP contribution in [0.4, 0.5) is 0 Å². The molecule has 1 aromatic carbocycles. The molecule has 1 unspecified atom stereocenters. The van der Waals surface area contributed by atoms with Gasteiger partial charge in [-0.25, -0.2) is 0 Å². The van der Waals surface area contributed by atoms with E-state index in [-0.39, 0.29) is 28.1 Å². The Hall–Kier alpha value is -1.28. The van der Waals surface area contributed by atoms with E-state index in [2.05, 4.69) is 0 Å². The molecule has 1 saturated heterocycles. The van der Waals surface area contributed by atoms with Gasteiger partial charge < -0.3 is 19.8 Å². The number of halogens is 2. The molecule has 24 heavy (non-hydrogen) atoms. The average molecular weight is 373 g/mol. The smallest absolute Gasteiger partial charge is 0.426 e. The molecular formula is C15H19BCl2N2O4. The molecule has 0 bridgehead atoms. The second-order valence-corrected chi connectivity index (χ2v) is 6.64. The van der Waals surface area contributed by atoms with Crippen LogP contribution in [0.25, 0.3) is 0 Å². The number of likely N-dealkylation sites (tertiary alicyclic amines) is 1. The highest BCUT2D eigenvalue weighted by molar-refractivity contribution is 6.43. The van der Waals surface area contributed by atoms with Gasteiger partial charge in [0.15, 0.2) is 0 Å². The maximum Gasteiger partial charge on any atom is 0.475 e. The largest absolute Gasteiger partial charge is 0.475 e. The van der Waals surface area contributed by atoms with Crippen LogP contribution in [-0.2, 0) is 4.79 Å². The van der Waals surface area contributed by atoms with Crippen LogP contribution in [0.3, 0.4) is 0 Å². The molecule has 2 N–H and O–H groups in total. The van der Waals surface area contributed by atoms with Crippen LogP contribution in [0.2, 0.25) is 10.0 Å². The minimum absolute atomic E-state index is 0.147. The number of hydrogen-bond acceptors (Lipinski definition) is 4. The number of rotatable bonds is 4. The van der Waals surface area contributed by atoms with Crippen molar-refractivity contribution in [3.8, 4) is 0 Å². The van der Waals surface area contributed by atoms with E-state index in [9.17, 15) is 19.6 Å². The monoisotopic (exact) mass is 372 g/mol. The molecule has 0 spiro atoms. The lowest BCUT2D eigenvalue weighted by atomic mass is 9.73. The summed E-state index contributed by atoms with van der Waals surface area (Å²) < 4.78 is 0. The van der Waals surface area contributed by atoms with Crippen molar-refractivity contribution in [2.75, 3.05) is 20.1 Å². The quantitative estimate of drug-likeness (QED) is 0.784. The molecule has 0 saturated carbocycles. The zero-order valence-electron chi connectivity index (χ0n) is 13.3. The third kappa shape index (κ3) is 4.22. The fourth-order valence-electron chi connectivity index (χ4n) is 2.84. The van der Waals surface area contributed by atoms with Crippen LogP contribution >= 0.6 is 23.2 Å². The van der Waals surface area contributed by atoms with Crippen molar-refractivity contribution in [2.24, 2.45) is 0 Å². The Kier molecular flexibility index (Phi) is 6.51. The molecule has 2 rings (SSSR count). The molecule has 2 amide bonds. The Bertz CT molecular complexity index is 609. The molecule has 6 nitrogen and oxygen atoms in total. The van der Waals surface area contributed by atoms with Crippen molar-refractivity contribution in [3.63, 3.8) is 0 Å². The second-order valence-electron chi connectivity index (χ2n) is 5.82. The van der Waals surface area contributed by atoms with Gasteiger partial charge in [0.2, 0.25) is 5.91 Å². The highest BCUT2D eigenvalue weighted by Gasteiger charge is 2.35. The third-order valence-corrected chi connectivity index (χ3v) is 4.74. The van der Waals surface area contributed by atoms with E-state index < -0.39 is 19.0 Å². The van der Waals surface area contributed by atoms with Gasteiger partial charge in [-0.3, -0.25) is 9.59 Å². The molecule has 0 radical (unpaired) electrons. The number of carbonyl (C=O) groups is 2. The number of hydrogen-bond donors (Lipinski definition) is 2. The zero-order valence-corrected chi connectivity index (χ0v) is 14.8. The fourth-order valence-corrected chi connectivity index (χ4v) is 3.39. The van der Waals surface area contributed by atoms with E-state index in [0.717, 1.165) is 12.8 Å². The Balaban J connectivity index is 2.09. The first-order valence-corrected chi connectivity index (χ1v) is 8.43. The average Bonchev–Trinajstić information content (AvgIpc) is 2.54. The van der Waals surface area contributed by atoms with E-state index in [0.29, 0.717) is 13.0 Å². The lowest BCUT2D eigenvalue weighted by Crippen LogP contribution is -2.54. The van der Waals surface area contributed by atoms with Crippen LogP contribution in [0.15, 0.2) is 18.2 Å². The van der Waals surface area contributed by atoms with Crippen LogP contribution in [0.5, 0.6) is 0 Å². The van der Waals surface area contributed by atoms with Gasteiger partial charge in [0.05, 0.1) is 28.1 Å². The summed E-state index contributed by atoms with van der Waals surface area (Å²) in [5.41, 5.74) is 0.147. The van der Waals surface area contributed by atoms with E-state index in [4.69, 9.17) is 23.2 Å². The minimum atomic E-state index is -1.59. The Labute approximate surface area is 151 Å². The lowest BCUT2D eigenvalue weighted by molar-refractivity contribution is -0.134. The van der Waals surface area contributed by atoms with Gasteiger partial charge in [0.1, 0.15) is 0 Å². The second kappa shape index (κ2) is 8.20. The molecule has 1 atom stereocenters. The van der Waals surface area contributed by atoms with Crippen molar-refractivity contribution in [1.29, 1.82) is 0 Å². The predicted molar refractivity (Wildman–Crippen MR) is 93.0 cm³/mol. The molecule has 1 heterocycles. The summed E-state index contributed by atoms with van der Waals surface area (Å²) >= 11 is 12.1. The molecular weight excluding hydrogens is 354 g/mol. The summed E-state index contributed by atoms with van der Waals surface area (Å²) in [6.07, 6.45) is 2.15. The van der Waals surface area contributed by atoms with Gasteiger partial charge in [-0.1, -0.05) is 35.7 Å². The first-order valence-electron chi connectivity index (χ1n) is 7.68. The van der Waals surface area contributed by atoms with E-state index >= 15 is 0 Å². The molecule has 1 aliphatic heterocycles. The topological polar surface area (TPSA) is 81.1 Å². The number of likely N-dealkylation sites (N-methyl/N-ethyl adjacent to an activating group) is 1. The fraction of sp³-hybridized carbons (Fsp3) is 0.467. The van der Waals surface area contributed by atoms with Gasteiger partial charge in [0, 0.05) is 13.6 Å². The first kappa shape index (κ1) is 19.1. The van der Waals surface area contributed by atoms with Gasteiger partial charge >= 0.3 is 7.12 Å². The number of piperidine rings is 1.